The van der Waals surface area contributed by atoms with Crippen LogP contribution in [0.25, 0.3) is 0 Å². The normalized spacial score (nSPS) is 11.3. The minimum atomic E-state index is -0.482. The molecule has 5 heteroatoms. The Morgan fingerprint density at radius 2 is 1.73 bits per heavy atom. The van der Waals surface area contributed by atoms with Crippen molar-refractivity contribution in [2.45, 2.75) is 26.2 Å². The van der Waals surface area contributed by atoms with Gasteiger partial charge in [-0.2, -0.15) is 0 Å². The van der Waals surface area contributed by atoms with Gasteiger partial charge in [-0.05, 0) is 51.2 Å². The number of carbonyl (C=O) groups excluding carboxylic acids is 2. The van der Waals surface area contributed by atoms with Gasteiger partial charge in [0.1, 0.15) is 0 Å². The Kier molecular flexibility index (Phi) is 5.19. The van der Waals surface area contributed by atoms with Crippen LogP contribution in [0.4, 0.5) is 0 Å². The zero-order valence-corrected chi connectivity index (χ0v) is 15.1. The van der Waals surface area contributed by atoms with Crippen LogP contribution in [-0.4, -0.2) is 18.4 Å². The number of ketones is 1. The van der Waals surface area contributed by atoms with Crippen molar-refractivity contribution in [3.63, 3.8) is 0 Å². The van der Waals surface area contributed by atoms with E-state index in [4.69, 9.17) is 4.74 Å². The zero-order valence-electron chi connectivity index (χ0n) is 12.7. The van der Waals surface area contributed by atoms with Gasteiger partial charge in [0.25, 0.3) is 0 Å². The van der Waals surface area contributed by atoms with Crippen molar-refractivity contribution in [2.75, 3.05) is 6.61 Å². The van der Waals surface area contributed by atoms with Crippen LogP contribution in [0.2, 0.25) is 0 Å². The second-order valence-electron chi connectivity index (χ2n) is 5.93. The quantitative estimate of drug-likeness (QED) is 0.562. The number of esters is 1. The number of hydrogen-bond acceptors (Lipinski definition) is 4. The van der Waals surface area contributed by atoms with Crippen LogP contribution in [0, 0.1) is 0 Å². The molecular formula is C17H17BrO3S. The highest BCUT2D eigenvalue weighted by molar-refractivity contribution is 9.11. The second-order valence-corrected chi connectivity index (χ2v) is 8.39. The average Bonchev–Trinajstić information content (AvgIpc) is 2.90. The average molecular weight is 381 g/mol. The van der Waals surface area contributed by atoms with Crippen LogP contribution in [0.15, 0.2) is 40.2 Å². The van der Waals surface area contributed by atoms with Crippen LogP contribution >= 0.6 is 27.3 Å². The lowest BCUT2D eigenvalue weighted by Gasteiger charge is -2.18. The lowest BCUT2D eigenvalue weighted by atomic mass is 9.87. The number of rotatable bonds is 4. The van der Waals surface area contributed by atoms with Gasteiger partial charge in [-0.25, -0.2) is 4.79 Å². The summed E-state index contributed by atoms with van der Waals surface area (Å²) in [6.45, 7) is 6.08. The lowest BCUT2D eigenvalue weighted by molar-refractivity contribution is 0.0476. The van der Waals surface area contributed by atoms with Gasteiger partial charge in [-0.1, -0.05) is 32.9 Å². The van der Waals surface area contributed by atoms with Gasteiger partial charge >= 0.3 is 5.97 Å². The standard InChI is InChI=1S/C17H17BrO3S/c1-17(2,3)12-6-4-11(5-7-12)16(20)21-10-13(19)14-8-9-15(18)22-14/h4-9H,10H2,1-3H3. The molecule has 116 valence electrons. The first-order valence-electron chi connectivity index (χ1n) is 6.83. The van der Waals surface area contributed by atoms with Gasteiger partial charge < -0.3 is 4.74 Å². The van der Waals surface area contributed by atoms with Gasteiger partial charge in [0.15, 0.2) is 6.61 Å². The summed E-state index contributed by atoms with van der Waals surface area (Å²) in [7, 11) is 0. The lowest BCUT2D eigenvalue weighted by Crippen LogP contribution is -2.14. The molecule has 0 bridgehead atoms. The molecule has 0 saturated carbocycles. The first-order chi connectivity index (χ1) is 10.3. The number of benzene rings is 1. The molecule has 0 unspecified atom stereocenters. The number of hydrogen-bond donors (Lipinski definition) is 0. The largest absolute Gasteiger partial charge is 0.454 e. The minimum absolute atomic E-state index is 0.0327. The molecule has 0 amide bonds. The van der Waals surface area contributed by atoms with Crippen molar-refractivity contribution in [1.82, 2.24) is 0 Å². The fourth-order valence-electron chi connectivity index (χ4n) is 1.86. The summed E-state index contributed by atoms with van der Waals surface area (Å²) in [6, 6.07) is 10.8. The third kappa shape index (κ3) is 4.27. The van der Waals surface area contributed by atoms with E-state index in [1.54, 1.807) is 24.3 Å². The summed E-state index contributed by atoms with van der Waals surface area (Å²) in [5.41, 5.74) is 1.63. The first-order valence-corrected chi connectivity index (χ1v) is 8.44. The van der Waals surface area contributed by atoms with Gasteiger partial charge in [0.05, 0.1) is 14.2 Å². The fourth-order valence-corrected chi connectivity index (χ4v) is 3.17. The smallest absolute Gasteiger partial charge is 0.338 e. The Morgan fingerprint density at radius 3 is 2.23 bits per heavy atom. The third-order valence-corrected chi connectivity index (χ3v) is 4.83. The van der Waals surface area contributed by atoms with E-state index >= 15 is 0 Å². The van der Waals surface area contributed by atoms with E-state index in [-0.39, 0.29) is 17.8 Å². The molecule has 0 atom stereocenters. The number of ether oxygens (including phenoxy) is 1. The molecule has 0 radical (unpaired) electrons. The first kappa shape index (κ1) is 16.9. The van der Waals surface area contributed by atoms with Crippen LogP contribution in [0.3, 0.4) is 0 Å². The third-order valence-electron chi connectivity index (χ3n) is 3.17. The zero-order chi connectivity index (χ0) is 16.3. The van der Waals surface area contributed by atoms with Crippen LogP contribution < -0.4 is 0 Å². The molecule has 0 aliphatic carbocycles. The summed E-state index contributed by atoms with van der Waals surface area (Å²) in [5.74, 6) is -0.681. The molecule has 0 N–H and O–H groups in total. The van der Waals surface area contributed by atoms with Crippen LogP contribution in [-0.2, 0) is 10.2 Å². The highest BCUT2D eigenvalue weighted by atomic mass is 79.9. The van der Waals surface area contributed by atoms with Crippen molar-refractivity contribution in [2.24, 2.45) is 0 Å². The van der Waals surface area contributed by atoms with Crippen LogP contribution in [0.1, 0.15) is 46.4 Å². The highest BCUT2D eigenvalue weighted by Crippen LogP contribution is 2.23. The number of thiophene rings is 1. The molecule has 2 rings (SSSR count). The van der Waals surface area contributed by atoms with E-state index in [0.29, 0.717) is 10.4 Å². The number of halogens is 1. The Labute approximate surface area is 142 Å². The van der Waals surface area contributed by atoms with Crippen molar-refractivity contribution in [3.05, 3.63) is 56.2 Å². The molecule has 0 spiro atoms. The molecule has 0 saturated heterocycles. The maximum absolute atomic E-state index is 12.0. The topological polar surface area (TPSA) is 43.4 Å². The Balaban J connectivity index is 1.96. The van der Waals surface area contributed by atoms with Crippen molar-refractivity contribution in [3.8, 4) is 0 Å². The summed E-state index contributed by atoms with van der Waals surface area (Å²) < 4.78 is 5.96. The van der Waals surface area contributed by atoms with E-state index in [1.165, 1.54) is 11.3 Å². The molecule has 22 heavy (non-hydrogen) atoms. The van der Waals surface area contributed by atoms with Crippen LogP contribution in [0.5, 0.6) is 0 Å². The molecule has 2 aromatic rings. The van der Waals surface area contributed by atoms with Gasteiger partial charge in [-0.3, -0.25) is 4.79 Å². The van der Waals surface area contributed by atoms with Gasteiger partial charge in [0.2, 0.25) is 5.78 Å². The number of carbonyl (C=O) groups is 2. The summed E-state index contributed by atoms with van der Waals surface area (Å²) in [6.07, 6.45) is 0. The molecule has 0 aliphatic rings. The molecule has 1 aromatic carbocycles. The molecule has 0 aliphatic heterocycles. The van der Waals surface area contributed by atoms with Gasteiger partial charge in [-0.15, -0.1) is 11.3 Å². The van der Waals surface area contributed by atoms with Crippen molar-refractivity contribution in [1.29, 1.82) is 0 Å². The molecular weight excluding hydrogens is 364 g/mol. The predicted octanol–water partition coefficient (Wildman–Crippen LogP) is 4.85. The van der Waals surface area contributed by atoms with Gasteiger partial charge in [0, 0.05) is 0 Å². The summed E-state index contributed by atoms with van der Waals surface area (Å²) in [4.78, 5) is 24.4. The Bertz CT molecular complexity index is 681. The SMILES string of the molecule is CC(C)(C)c1ccc(C(=O)OCC(=O)c2ccc(Br)s2)cc1. The van der Waals surface area contributed by atoms with Crippen molar-refractivity contribution < 1.29 is 14.3 Å². The number of Topliss-reactive ketones (excluding diaryl/α,β-unsaturated/α-hetero) is 1. The predicted molar refractivity (Wildman–Crippen MR) is 91.8 cm³/mol. The summed E-state index contributed by atoms with van der Waals surface area (Å²) >= 11 is 4.62. The van der Waals surface area contributed by atoms with E-state index in [2.05, 4.69) is 36.7 Å². The summed E-state index contributed by atoms with van der Waals surface area (Å²) in [5, 5.41) is 0. The van der Waals surface area contributed by atoms with E-state index < -0.39 is 5.97 Å². The van der Waals surface area contributed by atoms with E-state index in [0.717, 1.165) is 9.35 Å². The molecule has 1 heterocycles. The minimum Gasteiger partial charge on any atom is -0.454 e. The monoisotopic (exact) mass is 380 g/mol. The molecule has 3 nitrogen and oxygen atoms in total. The van der Waals surface area contributed by atoms with Crippen molar-refractivity contribution >= 4 is 39.0 Å². The second kappa shape index (κ2) is 6.75. The highest BCUT2D eigenvalue weighted by Gasteiger charge is 2.16. The van der Waals surface area contributed by atoms with E-state index in [1.807, 2.05) is 12.1 Å². The Hall–Kier alpha value is -1.46. The molecule has 0 fully saturated rings. The van der Waals surface area contributed by atoms with E-state index in [9.17, 15) is 9.59 Å². The maximum atomic E-state index is 12.0. The Morgan fingerprint density at radius 1 is 1.09 bits per heavy atom. The fraction of sp³-hybridized carbons (Fsp3) is 0.294. The molecule has 1 aromatic heterocycles. The maximum Gasteiger partial charge on any atom is 0.338 e.